The zero-order chi connectivity index (χ0) is 23.5. The number of benzene rings is 2. The highest BCUT2D eigenvalue weighted by molar-refractivity contribution is 7.17. The van der Waals surface area contributed by atoms with Gasteiger partial charge in [-0.1, -0.05) is 47.1 Å². The molecule has 0 spiro atoms. The zero-order valence-corrected chi connectivity index (χ0v) is 19.8. The Balaban J connectivity index is 1.37. The van der Waals surface area contributed by atoms with E-state index in [4.69, 9.17) is 16.1 Å². The van der Waals surface area contributed by atoms with Crippen LogP contribution in [0.4, 0.5) is 5.00 Å². The second-order valence-electron chi connectivity index (χ2n) is 8.12. The van der Waals surface area contributed by atoms with Gasteiger partial charge in [0.2, 0.25) is 0 Å². The van der Waals surface area contributed by atoms with Crippen molar-refractivity contribution in [2.24, 2.45) is 0 Å². The molecule has 6 nitrogen and oxygen atoms in total. The van der Waals surface area contributed by atoms with Crippen molar-refractivity contribution in [3.63, 3.8) is 0 Å². The SMILES string of the molecule is O=C(Nc1sc2c(c1C(=O)NCc1ccccc1)CCCC2)c1cc(-c2ccc(Cl)cc2)on1. The lowest BCUT2D eigenvalue weighted by Crippen LogP contribution is -2.25. The van der Waals surface area contributed by atoms with Crippen LogP contribution in [0.25, 0.3) is 11.3 Å². The number of carbonyl (C=O) groups excluding carboxylic acids is 2. The Kier molecular flexibility index (Phi) is 6.47. The lowest BCUT2D eigenvalue weighted by molar-refractivity contribution is 0.0951. The first-order chi connectivity index (χ1) is 16.6. The van der Waals surface area contributed by atoms with E-state index in [1.807, 2.05) is 30.3 Å². The number of aromatic nitrogens is 1. The van der Waals surface area contributed by atoms with Crippen molar-refractivity contribution >= 4 is 39.8 Å². The molecule has 2 aromatic carbocycles. The van der Waals surface area contributed by atoms with E-state index in [1.54, 1.807) is 30.3 Å². The van der Waals surface area contributed by atoms with Crippen molar-refractivity contribution < 1.29 is 14.1 Å². The van der Waals surface area contributed by atoms with E-state index in [1.165, 1.54) is 11.3 Å². The Hall–Kier alpha value is -3.42. The number of carbonyl (C=O) groups is 2. The van der Waals surface area contributed by atoms with Gasteiger partial charge in [-0.05, 0) is 61.1 Å². The van der Waals surface area contributed by atoms with Gasteiger partial charge in [-0.2, -0.15) is 0 Å². The number of rotatable bonds is 6. The molecule has 0 aliphatic heterocycles. The summed E-state index contributed by atoms with van der Waals surface area (Å²) < 4.78 is 5.37. The highest BCUT2D eigenvalue weighted by Gasteiger charge is 2.27. The first-order valence-corrected chi connectivity index (χ1v) is 12.3. The van der Waals surface area contributed by atoms with E-state index >= 15 is 0 Å². The van der Waals surface area contributed by atoms with Crippen LogP contribution in [-0.4, -0.2) is 17.0 Å². The highest BCUT2D eigenvalue weighted by Crippen LogP contribution is 2.38. The zero-order valence-electron chi connectivity index (χ0n) is 18.3. The third-order valence-electron chi connectivity index (χ3n) is 5.79. The molecule has 0 radical (unpaired) electrons. The fraction of sp³-hybridized carbons (Fsp3) is 0.192. The molecular formula is C26H22ClN3O3S. The predicted molar refractivity (Wildman–Crippen MR) is 133 cm³/mol. The Bertz CT molecular complexity index is 1330. The van der Waals surface area contributed by atoms with Crippen molar-refractivity contribution in [2.45, 2.75) is 32.2 Å². The van der Waals surface area contributed by atoms with Gasteiger partial charge >= 0.3 is 0 Å². The number of aryl methyl sites for hydroxylation is 1. The Morgan fingerprint density at radius 1 is 1.00 bits per heavy atom. The van der Waals surface area contributed by atoms with Crippen LogP contribution in [0.2, 0.25) is 5.02 Å². The molecule has 5 rings (SSSR count). The van der Waals surface area contributed by atoms with Crippen LogP contribution in [0, 0.1) is 0 Å². The average Bonchev–Trinajstić information content (AvgIpc) is 3.49. The number of hydrogen-bond donors (Lipinski definition) is 2. The van der Waals surface area contributed by atoms with Gasteiger partial charge in [0.05, 0.1) is 5.56 Å². The predicted octanol–water partition coefficient (Wildman–Crippen LogP) is 6.12. The Morgan fingerprint density at radius 2 is 1.76 bits per heavy atom. The summed E-state index contributed by atoms with van der Waals surface area (Å²) in [6.07, 6.45) is 3.86. The lowest BCUT2D eigenvalue weighted by Gasteiger charge is -2.13. The van der Waals surface area contributed by atoms with E-state index in [0.29, 0.717) is 27.9 Å². The van der Waals surface area contributed by atoms with Gasteiger partial charge < -0.3 is 15.2 Å². The summed E-state index contributed by atoms with van der Waals surface area (Å²) in [7, 11) is 0. The molecular weight excluding hydrogens is 470 g/mol. The summed E-state index contributed by atoms with van der Waals surface area (Å²) >= 11 is 7.42. The van der Waals surface area contributed by atoms with E-state index in [9.17, 15) is 9.59 Å². The molecule has 2 amide bonds. The number of hydrogen-bond acceptors (Lipinski definition) is 5. The Morgan fingerprint density at radius 3 is 2.56 bits per heavy atom. The quantitative estimate of drug-likeness (QED) is 0.340. The summed E-state index contributed by atoms with van der Waals surface area (Å²) in [5, 5.41) is 11.0. The molecule has 4 aromatic rings. The summed E-state index contributed by atoms with van der Waals surface area (Å²) in [5.74, 6) is -0.131. The number of fused-ring (bicyclic) bond motifs is 1. The van der Waals surface area contributed by atoms with Crippen LogP contribution in [0.3, 0.4) is 0 Å². The lowest BCUT2D eigenvalue weighted by atomic mass is 9.95. The van der Waals surface area contributed by atoms with Crippen LogP contribution in [0.5, 0.6) is 0 Å². The van der Waals surface area contributed by atoms with E-state index in [0.717, 1.165) is 47.3 Å². The van der Waals surface area contributed by atoms with Crippen LogP contribution in [0.15, 0.2) is 65.2 Å². The van der Waals surface area contributed by atoms with Crippen LogP contribution in [-0.2, 0) is 19.4 Å². The number of anilines is 1. The minimum Gasteiger partial charge on any atom is -0.355 e. The number of thiophene rings is 1. The molecule has 2 heterocycles. The van der Waals surface area contributed by atoms with Gasteiger partial charge in [0.1, 0.15) is 5.00 Å². The summed E-state index contributed by atoms with van der Waals surface area (Å²) in [6, 6.07) is 18.4. The maximum Gasteiger partial charge on any atom is 0.278 e. The first kappa shape index (κ1) is 22.4. The summed E-state index contributed by atoms with van der Waals surface area (Å²) in [6.45, 7) is 0.422. The molecule has 0 saturated heterocycles. The van der Waals surface area contributed by atoms with Gasteiger partial charge in [0.15, 0.2) is 11.5 Å². The maximum absolute atomic E-state index is 13.2. The molecule has 0 bridgehead atoms. The second-order valence-corrected chi connectivity index (χ2v) is 9.66. The average molecular weight is 492 g/mol. The van der Waals surface area contributed by atoms with Gasteiger partial charge in [0.25, 0.3) is 11.8 Å². The first-order valence-electron chi connectivity index (χ1n) is 11.1. The number of nitrogens with zero attached hydrogens (tertiary/aromatic N) is 1. The maximum atomic E-state index is 13.2. The van der Waals surface area contributed by atoms with Gasteiger partial charge in [-0.3, -0.25) is 9.59 Å². The monoisotopic (exact) mass is 491 g/mol. The number of nitrogens with one attached hydrogen (secondary N) is 2. The molecule has 1 aliphatic rings. The van der Waals surface area contributed by atoms with Crippen molar-refractivity contribution in [1.82, 2.24) is 10.5 Å². The molecule has 8 heteroatoms. The van der Waals surface area contributed by atoms with Crippen LogP contribution < -0.4 is 10.6 Å². The van der Waals surface area contributed by atoms with Crippen molar-refractivity contribution in [3.05, 3.63) is 92.9 Å². The Labute approximate surface area is 205 Å². The van der Waals surface area contributed by atoms with Crippen LogP contribution in [0.1, 0.15) is 49.7 Å². The molecule has 172 valence electrons. The van der Waals surface area contributed by atoms with Crippen molar-refractivity contribution in [1.29, 1.82) is 0 Å². The summed E-state index contributed by atoms with van der Waals surface area (Å²) in [5.41, 5.74) is 3.53. The van der Waals surface area contributed by atoms with Crippen molar-refractivity contribution in [3.8, 4) is 11.3 Å². The second kappa shape index (κ2) is 9.83. The molecule has 2 aromatic heterocycles. The number of amides is 2. The third kappa shape index (κ3) is 4.76. The van der Waals surface area contributed by atoms with Crippen LogP contribution >= 0.6 is 22.9 Å². The molecule has 2 N–H and O–H groups in total. The largest absolute Gasteiger partial charge is 0.355 e. The van der Waals surface area contributed by atoms with Gasteiger partial charge in [-0.15, -0.1) is 11.3 Å². The molecule has 0 atom stereocenters. The van der Waals surface area contributed by atoms with E-state index < -0.39 is 5.91 Å². The fourth-order valence-corrected chi connectivity index (χ4v) is 5.47. The molecule has 0 saturated carbocycles. The minimum absolute atomic E-state index is 0.145. The standard InChI is InChI=1S/C26H22ClN3O3S/c27-18-12-10-17(11-13-18)21-14-20(30-33-21)24(31)29-26-23(19-8-4-5-9-22(19)34-26)25(32)28-15-16-6-2-1-3-7-16/h1-3,6-7,10-14H,4-5,8-9,15H2,(H,28,32)(H,29,31). The normalized spacial score (nSPS) is 12.7. The molecule has 1 aliphatic carbocycles. The third-order valence-corrected chi connectivity index (χ3v) is 7.25. The topological polar surface area (TPSA) is 84.2 Å². The van der Waals surface area contributed by atoms with E-state index in [-0.39, 0.29) is 11.6 Å². The number of halogens is 1. The molecule has 0 unspecified atom stereocenters. The van der Waals surface area contributed by atoms with Gasteiger partial charge in [-0.25, -0.2) is 0 Å². The smallest absolute Gasteiger partial charge is 0.278 e. The summed E-state index contributed by atoms with van der Waals surface area (Å²) in [4.78, 5) is 27.4. The van der Waals surface area contributed by atoms with Gasteiger partial charge in [0, 0.05) is 28.1 Å². The minimum atomic E-state index is -0.417. The fourth-order valence-electron chi connectivity index (χ4n) is 4.06. The highest BCUT2D eigenvalue weighted by atomic mass is 35.5. The van der Waals surface area contributed by atoms with Crippen molar-refractivity contribution in [2.75, 3.05) is 5.32 Å². The van der Waals surface area contributed by atoms with E-state index in [2.05, 4.69) is 15.8 Å². The molecule has 0 fully saturated rings. The molecule has 34 heavy (non-hydrogen) atoms.